The zero-order valence-electron chi connectivity index (χ0n) is 11.1. The first kappa shape index (κ1) is 12.8. The van der Waals surface area contributed by atoms with Gasteiger partial charge >= 0.3 is 0 Å². The highest BCUT2D eigenvalue weighted by Crippen LogP contribution is 2.40. The van der Waals surface area contributed by atoms with Crippen molar-refractivity contribution in [2.75, 3.05) is 6.61 Å². The third-order valence-electron chi connectivity index (χ3n) is 3.45. The van der Waals surface area contributed by atoms with E-state index in [9.17, 15) is 5.11 Å². The lowest BCUT2D eigenvalue weighted by Gasteiger charge is -2.26. The van der Waals surface area contributed by atoms with E-state index >= 15 is 0 Å². The summed E-state index contributed by atoms with van der Waals surface area (Å²) in [6, 6.07) is 0. The minimum atomic E-state index is -0.765. The summed E-state index contributed by atoms with van der Waals surface area (Å²) in [5.74, 6) is -1.35. The third kappa shape index (κ3) is 2.07. The molecule has 18 heavy (non-hydrogen) atoms. The van der Waals surface area contributed by atoms with Crippen LogP contribution < -0.4 is 0 Å². The highest BCUT2D eigenvalue weighted by molar-refractivity contribution is 4.97. The predicted octanol–water partition coefficient (Wildman–Crippen LogP) is 0.375. The van der Waals surface area contributed by atoms with Gasteiger partial charge in [-0.1, -0.05) is 0 Å². The smallest absolute Gasteiger partial charge is 0.190 e. The maximum Gasteiger partial charge on any atom is 0.190 e. The van der Waals surface area contributed by atoms with Gasteiger partial charge in [0, 0.05) is 0 Å². The second kappa shape index (κ2) is 3.88. The van der Waals surface area contributed by atoms with Crippen LogP contribution >= 0.6 is 0 Å². The fourth-order valence-electron chi connectivity index (χ4n) is 2.70. The van der Waals surface area contributed by atoms with Gasteiger partial charge in [-0.05, 0) is 27.7 Å². The Bertz CT molecular complexity index is 341. The van der Waals surface area contributed by atoms with E-state index in [-0.39, 0.29) is 6.10 Å². The molecule has 6 heteroatoms. The van der Waals surface area contributed by atoms with Gasteiger partial charge in [-0.2, -0.15) is 0 Å². The van der Waals surface area contributed by atoms with Gasteiger partial charge in [-0.15, -0.1) is 0 Å². The Kier molecular flexibility index (Phi) is 2.75. The molecule has 0 saturated carbocycles. The van der Waals surface area contributed by atoms with E-state index in [4.69, 9.17) is 23.7 Å². The first-order valence-corrected chi connectivity index (χ1v) is 6.28. The van der Waals surface area contributed by atoms with Crippen molar-refractivity contribution in [3.63, 3.8) is 0 Å². The molecule has 0 radical (unpaired) electrons. The van der Waals surface area contributed by atoms with Crippen molar-refractivity contribution in [2.24, 2.45) is 0 Å². The van der Waals surface area contributed by atoms with Gasteiger partial charge in [-0.3, -0.25) is 0 Å². The monoisotopic (exact) mass is 260 g/mol. The Labute approximate surface area is 106 Å². The molecule has 104 valence electrons. The molecule has 3 aliphatic rings. The van der Waals surface area contributed by atoms with Crippen LogP contribution in [-0.4, -0.2) is 54.0 Å². The SMILES string of the molecule is CC1(C)OC2[C@@H](O[C@H]([C@H]3COC(C)(C)O3)[C@@H]2O)O1. The molecule has 0 aromatic rings. The van der Waals surface area contributed by atoms with Crippen molar-refractivity contribution < 1.29 is 28.8 Å². The Morgan fingerprint density at radius 2 is 1.67 bits per heavy atom. The van der Waals surface area contributed by atoms with Crippen molar-refractivity contribution >= 4 is 0 Å². The molecule has 0 spiro atoms. The summed E-state index contributed by atoms with van der Waals surface area (Å²) >= 11 is 0. The molecule has 3 rings (SSSR count). The molecule has 3 fully saturated rings. The Morgan fingerprint density at radius 3 is 2.22 bits per heavy atom. The Hall–Kier alpha value is -0.240. The highest BCUT2D eigenvalue weighted by Gasteiger charge is 2.57. The number of rotatable bonds is 1. The molecule has 0 amide bonds. The summed E-state index contributed by atoms with van der Waals surface area (Å²) in [5.41, 5.74) is 0. The van der Waals surface area contributed by atoms with E-state index in [1.165, 1.54) is 0 Å². The molecule has 1 N–H and O–H groups in total. The van der Waals surface area contributed by atoms with Crippen molar-refractivity contribution in [2.45, 2.75) is 70.0 Å². The molecule has 3 aliphatic heterocycles. The quantitative estimate of drug-likeness (QED) is 0.735. The summed E-state index contributed by atoms with van der Waals surface area (Å²) in [5, 5.41) is 10.3. The molecule has 0 aromatic carbocycles. The largest absolute Gasteiger partial charge is 0.387 e. The van der Waals surface area contributed by atoms with Crippen LogP contribution in [0, 0.1) is 0 Å². The van der Waals surface area contributed by atoms with E-state index in [2.05, 4.69) is 0 Å². The summed E-state index contributed by atoms with van der Waals surface area (Å²) in [6.45, 7) is 7.68. The van der Waals surface area contributed by atoms with Crippen LogP contribution in [0.5, 0.6) is 0 Å². The first-order chi connectivity index (χ1) is 8.27. The van der Waals surface area contributed by atoms with Crippen LogP contribution in [0.1, 0.15) is 27.7 Å². The molecule has 0 aromatic heterocycles. The van der Waals surface area contributed by atoms with Crippen molar-refractivity contribution in [1.29, 1.82) is 0 Å². The maximum atomic E-state index is 10.3. The molecule has 6 nitrogen and oxygen atoms in total. The van der Waals surface area contributed by atoms with E-state index in [0.29, 0.717) is 6.61 Å². The molecule has 1 unspecified atom stereocenters. The number of hydrogen-bond acceptors (Lipinski definition) is 6. The zero-order chi connectivity index (χ0) is 13.1. The number of aliphatic hydroxyl groups is 1. The minimum Gasteiger partial charge on any atom is -0.387 e. The van der Waals surface area contributed by atoms with Crippen molar-refractivity contribution in [3.05, 3.63) is 0 Å². The molecular weight excluding hydrogens is 240 g/mol. The van der Waals surface area contributed by atoms with Crippen molar-refractivity contribution in [3.8, 4) is 0 Å². The standard InChI is InChI=1S/C12H20O6/c1-11(2)14-5-6(16-11)8-7(13)9-10(15-8)18-12(3,4)17-9/h6-10,13H,5H2,1-4H3/t6-,7+,8-,9?,10+/m1/s1. The van der Waals surface area contributed by atoms with Crippen LogP contribution in [-0.2, 0) is 23.7 Å². The fraction of sp³-hybridized carbons (Fsp3) is 1.00. The van der Waals surface area contributed by atoms with Gasteiger partial charge in [0.05, 0.1) is 6.61 Å². The van der Waals surface area contributed by atoms with Gasteiger partial charge in [0.25, 0.3) is 0 Å². The number of fused-ring (bicyclic) bond motifs is 1. The molecule has 3 saturated heterocycles. The molecule has 5 atom stereocenters. The Morgan fingerprint density at radius 1 is 0.944 bits per heavy atom. The van der Waals surface area contributed by atoms with Crippen molar-refractivity contribution in [1.82, 2.24) is 0 Å². The van der Waals surface area contributed by atoms with Gasteiger partial charge < -0.3 is 28.8 Å². The van der Waals surface area contributed by atoms with E-state index in [1.54, 1.807) is 13.8 Å². The third-order valence-corrected chi connectivity index (χ3v) is 3.45. The summed E-state index contributed by atoms with van der Waals surface area (Å²) in [6.07, 6.45) is -2.53. The summed E-state index contributed by atoms with van der Waals surface area (Å²) < 4.78 is 28.1. The number of aliphatic hydroxyl groups excluding tert-OH is 1. The zero-order valence-corrected chi connectivity index (χ0v) is 11.1. The normalized spacial score (nSPS) is 49.5. The second-order valence-corrected chi connectivity index (χ2v) is 5.93. The molecule has 3 heterocycles. The lowest BCUT2D eigenvalue weighted by Crippen LogP contribution is -2.42. The fourth-order valence-corrected chi connectivity index (χ4v) is 2.70. The van der Waals surface area contributed by atoms with Gasteiger partial charge in [0.15, 0.2) is 17.9 Å². The average molecular weight is 260 g/mol. The summed E-state index contributed by atoms with van der Waals surface area (Å²) in [4.78, 5) is 0. The van der Waals surface area contributed by atoms with Crippen LogP contribution in [0.25, 0.3) is 0 Å². The van der Waals surface area contributed by atoms with E-state index < -0.39 is 36.2 Å². The van der Waals surface area contributed by atoms with Gasteiger partial charge in [-0.25, -0.2) is 0 Å². The lowest BCUT2D eigenvalue weighted by molar-refractivity contribution is -0.232. The summed E-state index contributed by atoms with van der Waals surface area (Å²) in [7, 11) is 0. The van der Waals surface area contributed by atoms with Gasteiger partial charge in [0.1, 0.15) is 24.4 Å². The van der Waals surface area contributed by atoms with Crippen LogP contribution in [0.3, 0.4) is 0 Å². The Balaban J connectivity index is 1.68. The molecule has 0 bridgehead atoms. The second-order valence-electron chi connectivity index (χ2n) is 5.93. The number of ether oxygens (including phenoxy) is 5. The van der Waals surface area contributed by atoms with E-state index in [0.717, 1.165) is 0 Å². The lowest BCUT2D eigenvalue weighted by atomic mass is 10.1. The van der Waals surface area contributed by atoms with Crippen LogP contribution in [0.2, 0.25) is 0 Å². The van der Waals surface area contributed by atoms with Gasteiger partial charge in [0.2, 0.25) is 0 Å². The van der Waals surface area contributed by atoms with E-state index in [1.807, 2.05) is 13.8 Å². The van der Waals surface area contributed by atoms with Crippen LogP contribution in [0.4, 0.5) is 0 Å². The predicted molar refractivity (Wildman–Crippen MR) is 59.6 cm³/mol. The minimum absolute atomic E-state index is 0.295. The van der Waals surface area contributed by atoms with Crippen LogP contribution in [0.15, 0.2) is 0 Å². The molecule has 0 aliphatic carbocycles. The first-order valence-electron chi connectivity index (χ1n) is 6.28. The topological polar surface area (TPSA) is 66.4 Å². The average Bonchev–Trinajstić information content (AvgIpc) is 2.81. The maximum absolute atomic E-state index is 10.3. The number of hydrogen-bond donors (Lipinski definition) is 1. The molecular formula is C12H20O6. The highest BCUT2D eigenvalue weighted by atomic mass is 16.8.